The van der Waals surface area contributed by atoms with Crippen LogP contribution in [-0.4, -0.2) is 33.6 Å². The smallest absolute Gasteiger partial charge is 0.228 e. The Hall–Kier alpha value is -2.92. The van der Waals surface area contributed by atoms with E-state index in [4.69, 9.17) is 4.74 Å². The van der Waals surface area contributed by atoms with Gasteiger partial charge in [-0.05, 0) is 23.1 Å². The summed E-state index contributed by atoms with van der Waals surface area (Å²) in [6, 6.07) is 18.6. The zero-order chi connectivity index (χ0) is 19.3. The summed E-state index contributed by atoms with van der Waals surface area (Å²) < 4.78 is 7.43. The van der Waals surface area contributed by atoms with E-state index in [2.05, 4.69) is 29.2 Å². The fourth-order valence-corrected chi connectivity index (χ4v) is 3.68. The molecule has 0 N–H and O–H groups in total. The predicted molar refractivity (Wildman–Crippen MR) is 108 cm³/mol. The van der Waals surface area contributed by atoms with Crippen LogP contribution in [0.4, 0.5) is 0 Å². The molecule has 1 fully saturated rings. The van der Waals surface area contributed by atoms with Gasteiger partial charge in [0, 0.05) is 32.6 Å². The van der Waals surface area contributed by atoms with Crippen LogP contribution in [-0.2, 0) is 29.7 Å². The van der Waals surface area contributed by atoms with Gasteiger partial charge >= 0.3 is 0 Å². The number of aryl methyl sites for hydroxylation is 1. The molecule has 5 heteroatoms. The van der Waals surface area contributed by atoms with Crippen LogP contribution in [0.3, 0.4) is 0 Å². The Bertz CT molecular complexity index is 930. The highest BCUT2D eigenvalue weighted by Gasteiger charge is 2.29. The number of imidazole rings is 1. The minimum Gasteiger partial charge on any atom is -0.381 e. The predicted octanol–water partition coefficient (Wildman–Crippen LogP) is 3.65. The number of hydrogen-bond acceptors (Lipinski definition) is 3. The number of aromatic nitrogens is 2. The van der Waals surface area contributed by atoms with E-state index in [9.17, 15) is 4.79 Å². The summed E-state index contributed by atoms with van der Waals surface area (Å²) in [5.41, 5.74) is 3.45. The van der Waals surface area contributed by atoms with Crippen molar-refractivity contribution in [2.45, 2.75) is 19.5 Å². The van der Waals surface area contributed by atoms with E-state index >= 15 is 0 Å². The highest BCUT2D eigenvalue weighted by molar-refractivity contribution is 5.79. The molecule has 28 heavy (non-hydrogen) atoms. The molecule has 1 amide bonds. The van der Waals surface area contributed by atoms with Crippen LogP contribution in [0.15, 0.2) is 67.0 Å². The molecule has 1 aliphatic heterocycles. The first-order valence-corrected chi connectivity index (χ1v) is 9.68. The summed E-state index contributed by atoms with van der Waals surface area (Å²) in [7, 11) is 1.96. The third-order valence-corrected chi connectivity index (χ3v) is 5.31. The molecule has 3 aromatic rings. The van der Waals surface area contributed by atoms with E-state index in [1.165, 1.54) is 0 Å². The highest BCUT2D eigenvalue weighted by atomic mass is 16.5. The zero-order valence-electron chi connectivity index (χ0n) is 16.1. The fraction of sp³-hybridized carbons (Fsp3) is 0.304. The SMILES string of the molecule is Cn1ccnc1CN(Cc1ccccc1-c1ccccc1)C(=O)[C@H]1CCOC1. The molecule has 1 aromatic heterocycles. The Labute approximate surface area is 165 Å². The van der Waals surface area contributed by atoms with Gasteiger partial charge in [0.1, 0.15) is 5.82 Å². The lowest BCUT2D eigenvalue weighted by Gasteiger charge is -2.26. The quantitative estimate of drug-likeness (QED) is 0.661. The van der Waals surface area contributed by atoms with Crippen LogP contribution in [0.25, 0.3) is 11.1 Å². The largest absolute Gasteiger partial charge is 0.381 e. The Morgan fingerprint density at radius 2 is 1.93 bits per heavy atom. The van der Waals surface area contributed by atoms with Crippen molar-refractivity contribution in [1.82, 2.24) is 14.5 Å². The van der Waals surface area contributed by atoms with E-state index in [1.807, 2.05) is 53.0 Å². The number of amides is 1. The minimum absolute atomic E-state index is 0.0656. The standard InChI is InChI=1S/C23H25N3O2/c1-25-13-12-24-22(25)16-26(23(27)20-11-14-28-17-20)15-19-9-5-6-10-21(19)18-7-3-2-4-8-18/h2-10,12-13,20H,11,14-17H2,1H3/t20-/m0/s1. The van der Waals surface area contributed by atoms with Crippen LogP contribution in [0.2, 0.25) is 0 Å². The molecular formula is C23H25N3O2. The van der Waals surface area contributed by atoms with Gasteiger partial charge in [0.05, 0.1) is 19.1 Å². The van der Waals surface area contributed by atoms with Gasteiger partial charge in [-0.15, -0.1) is 0 Å². The topological polar surface area (TPSA) is 47.4 Å². The molecule has 2 heterocycles. The van der Waals surface area contributed by atoms with E-state index in [1.54, 1.807) is 6.20 Å². The van der Waals surface area contributed by atoms with E-state index in [-0.39, 0.29) is 11.8 Å². The van der Waals surface area contributed by atoms with Crippen molar-refractivity contribution in [2.24, 2.45) is 13.0 Å². The summed E-state index contributed by atoms with van der Waals surface area (Å²) in [5.74, 6) is 0.956. The van der Waals surface area contributed by atoms with Crippen LogP contribution in [0, 0.1) is 5.92 Å². The Kier molecular flexibility index (Phi) is 5.53. The van der Waals surface area contributed by atoms with Crippen molar-refractivity contribution in [3.8, 4) is 11.1 Å². The van der Waals surface area contributed by atoms with Gasteiger partial charge in [-0.25, -0.2) is 4.98 Å². The maximum Gasteiger partial charge on any atom is 0.228 e. The second-order valence-electron chi connectivity index (χ2n) is 7.23. The molecule has 5 nitrogen and oxygen atoms in total. The van der Waals surface area contributed by atoms with Crippen molar-refractivity contribution in [3.05, 3.63) is 78.4 Å². The van der Waals surface area contributed by atoms with Gasteiger partial charge in [-0.1, -0.05) is 54.6 Å². The number of nitrogens with zero attached hydrogens (tertiary/aromatic N) is 3. The molecule has 1 saturated heterocycles. The van der Waals surface area contributed by atoms with E-state index < -0.39 is 0 Å². The van der Waals surface area contributed by atoms with Crippen LogP contribution in [0.5, 0.6) is 0 Å². The molecule has 0 radical (unpaired) electrons. The first-order valence-electron chi connectivity index (χ1n) is 9.68. The third kappa shape index (κ3) is 3.99. The van der Waals surface area contributed by atoms with Gasteiger partial charge < -0.3 is 14.2 Å². The average Bonchev–Trinajstić information content (AvgIpc) is 3.40. The van der Waals surface area contributed by atoms with Gasteiger partial charge in [-0.2, -0.15) is 0 Å². The van der Waals surface area contributed by atoms with Gasteiger partial charge in [-0.3, -0.25) is 4.79 Å². The maximum absolute atomic E-state index is 13.2. The van der Waals surface area contributed by atoms with Gasteiger partial charge in [0.25, 0.3) is 0 Å². The minimum atomic E-state index is -0.0656. The fourth-order valence-electron chi connectivity index (χ4n) is 3.68. The summed E-state index contributed by atoms with van der Waals surface area (Å²) >= 11 is 0. The van der Waals surface area contributed by atoms with Crippen molar-refractivity contribution in [1.29, 1.82) is 0 Å². The molecule has 1 atom stereocenters. The summed E-state index contributed by atoms with van der Waals surface area (Å²) in [6.07, 6.45) is 4.47. The van der Waals surface area contributed by atoms with Crippen molar-refractivity contribution in [2.75, 3.05) is 13.2 Å². The monoisotopic (exact) mass is 375 g/mol. The summed E-state index contributed by atoms with van der Waals surface area (Å²) in [6.45, 7) is 2.21. The molecule has 4 rings (SSSR count). The summed E-state index contributed by atoms with van der Waals surface area (Å²) in [4.78, 5) is 19.6. The molecule has 0 aliphatic carbocycles. The highest BCUT2D eigenvalue weighted by Crippen LogP contribution is 2.26. The number of carbonyl (C=O) groups excluding carboxylic acids is 1. The van der Waals surface area contributed by atoms with Crippen LogP contribution in [0.1, 0.15) is 17.8 Å². The van der Waals surface area contributed by atoms with Gasteiger partial charge in [0.2, 0.25) is 5.91 Å². The van der Waals surface area contributed by atoms with Crippen LogP contribution < -0.4 is 0 Å². The van der Waals surface area contributed by atoms with Crippen molar-refractivity contribution >= 4 is 5.91 Å². The number of benzene rings is 2. The van der Waals surface area contributed by atoms with Crippen molar-refractivity contribution in [3.63, 3.8) is 0 Å². The van der Waals surface area contributed by atoms with Crippen LogP contribution >= 0.6 is 0 Å². The number of rotatable bonds is 6. The average molecular weight is 375 g/mol. The maximum atomic E-state index is 13.2. The molecule has 0 saturated carbocycles. The second kappa shape index (κ2) is 8.40. The lowest BCUT2D eigenvalue weighted by atomic mass is 9.98. The number of carbonyl (C=O) groups is 1. The normalized spacial score (nSPS) is 16.2. The summed E-state index contributed by atoms with van der Waals surface area (Å²) in [5, 5.41) is 0. The zero-order valence-corrected chi connectivity index (χ0v) is 16.1. The molecule has 1 aliphatic rings. The molecule has 144 valence electrons. The first kappa shape index (κ1) is 18.4. The third-order valence-electron chi connectivity index (χ3n) is 5.31. The molecule has 0 bridgehead atoms. The molecule has 0 spiro atoms. The Morgan fingerprint density at radius 1 is 1.14 bits per heavy atom. The first-order chi connectivity index (χ1) is 13.7. The molecule has 0 unspecified atom stereocenters. The Morgan fingerprint density at radius 3 is 2.64 bits per heavy atom. The van der Waals surface area contributed by atoms with Crippen molar-refractivity contribution < 1.29 is 9.53 Å². The van der Waals surface area contributed by atoms with E-state index in [0.29, 0.717) is 26.3 Å². The number of hydrogen-bond donors (Lipinski definition) is 0. The molecule has 2 aromatic carbocycles. The van der Waals surface area contributed by atoms with Gasteiger partial charge in [0.15, 0.2) is 0 Å². The Balaban J connectivity index is 1.64. The lowest BCUT2D eigenvalue weighted by Crippen LogP contribution is -2.36. The second-order valence-corrected chi connectivity index (χ2v) is 7.23. The van der Waals surface area contributed by atoms with E-state index in [0.717, 1.165) is 28.9 Å². The lowest BCUT2D eigenvalue weighted by molar-refractivity contribution is -0.136. The molecular weight excluding hydrogens is 350 g/mol. The number of ether oxygens (including phenoxy) is 1.